The zero-order valence-corrected chi connectivity index (χ0v) is 17.3. The Morgan fingerprint density at radius 1 is 0.963 bits per heavy atom. The van der Waals surface area contributed by atoms with Crippen LogP contribution in [0.3, 0.4) is 0 Å². The van der Waals surface area contributed by atoms with E-state index in [4.69, 9.17) is 4.74 Å². The second-order valence-electron chi connectivity index (χ2n) is 7.26. The Morgan fingerprint density at radius 3 is 2.19 bits per heavy atom. The summed E-state index contributed by atoms with van der Waals surface area (Å²) in [6.07, 6.45) is 0.389. The summed E-state index contributed by atoms with van der Waals surface area (Å²) in [5, 5.41) is 0. The molecule has 0 spiro atoms. The van der Waals surface area contributed by atoms with E-state index in [2.05, 4.69) is 56.3 Å². The predicted octanol–water partition coefficient (Wildman–Crippen LogP) is 4.18. The van der Waals surface area contributed by atoms with E-state index in [1.54, 1.807) is 0 Å². The molecule has 0 aliphatic carbocycles. The van der Waals surface area contributed by atoms with Crippen LogP contribution in [0.4, 0.5) is 0 Å². The van der Waals surface area contributed by atoms with Crippen molar-refractivity contribution in [1.82, 2.24) is 9.80 Å². The van der Waals surface area contributed by atoms with Gasteiger partial charge in [0, 0.05) is 19.6 Å². The Balaban J connectivity index is 1.87. The van der Waals surface area contributed by atoms with E-state index >= 15 is 0 Å². The van der Waals surface area contributed by atoms with E-state index in [0.29, 0.717) is 26.1 Å². The smallest absolute Gasteiger partial charge is 0.226 e. The van der Waals surface area contributed by atoms with Crippen molar-refractivity contribution in [2.45, 2.75) is 40.3 Å². The van der Waals surface area contributed by atoms with Crippen LogP contribution in [0.2, 0.25) is 0 Å². The highest BCUT2D eigenvalue weighted by Crippen LogP contribution is 2.20. The van der Waals surface area contributed by atoms with E-state index in [9.17, 15) is 4.79 Å². The topological polar surface area (TPSA) is 32.8 Å². The minimum Gasteiger partial charge on any atom is -0.493 e. The fourth-order valence-corrected chi connectivity index (χ4v) is 3.00. The van der Waals surface area contributed by atoms with Crippen LogP contribution >= 0.6 is 0 Å². The lowest BCUT2D eigenvalue weighted by atomic mass is 10.1. The summed E-state index contributed by atoms with van der Waals surface area (Å²) in [7, 11) is 4.12. The largest absolute Gasteiger partial charge is 0.493 e. The van der Waals surface area contributed by atoms with Gasteiger partial charge in [0.05, 0.1) is 13.0 Å². The first kappa shape index (κ1) is 21.0. The first-order valence-corrected chi connectivity index (χ1v) is 9.60. The first-order valence-electron chi connectivity index (χ1n) is 9.60. The van der Waals surface area contributed by atoms with Gasteiger partial charge in [-0.3, -0.25) is 4.79 Å². The molecule has 0 saturated heterocycles. The minimum absolute atomic E-state index is 0.125. The number of ether oxygens (including phenoxy) is 1. The maximum Gasteiger partial charge on any atom is 0.226 e. The van der Waals surface area contributed by atoms with Crippen LogP contribution in [-0.4, -0.2) is 43.0 Å². The number of carbonyl (C=O) groups excluding carboxylic acids is 1. The lowest BCUT2D eigenvalue weighted by Crippen LogP contribution is -2.31. The molecular formula is C23H32N2O2. The Bertz CT molecular complexity index is 739. The molecule has 0 bridgehead atoms. The molecule has 1 amide bonds. The molecular weight excluding hydrogens is 336 g/mol. The number of rotatable bonds is 9. The van der Waals surface area contributed by atoms with Gasteiger partial charge < -0.3 is 14.5 Å². The lowest BCUT2D eigenvalue weighted by molar-refractivity contribution is -0.132. The highest BCUT2D eigenvalue weighted by Gasteiger charge is 2.13. The zero-order valence-electron chi connectivity index (χ0n) is 17.3. The zero-order chi connectivity index (χ0) is 19.8. The third-order valence-corrected chi connectivity index (χ3v) is 4.76. The van der Waals surface area contributed by atoms with E-state index < -0.39 is 0 Å². The average Bonchev–Trinajstić information content (AvgIpc) is 2.64. The summed E-state index contributed by atoms with van der Waals surface area (Å²) in [4.78, 5) is 16.6. The fraction of sp³-hybridized carbons (Fsp3) is 0.435. The van der Waals surface area contributed by atoms with Crippen molar-refractivity contribution in [3.8, 4) is 5.75 Å². The summed E-state index contributed by atoms with van der Waals surface area (Å²) >= 11 is 0. The molecule has 2 aromatic rings. The molecule has 0 unspecified atom stereocenters. The Labute approximate surface area is 163 Å². The van der Waals surface area contributed by atoms with Crippen molar-refractivity contribution >= 4 is 5.91 Å². The molecule has 4 nitrogen and oxygen atoms in total. The van der Waals surface area contributed by atoms with Crippen molar-refractivity contribution in [2.24, 2.45) is 0 Å². The molecule has 0 radical (unpaired) electrons. The number of aryl methyl sites for hydroxylation is 1. The maximum atomic E-state index is 12.6. The van der Waals surface area contributed by atoms with E-state index in [0.717, 1.165) is 23.4 Å². The highest BCUT2D eigenvalue weighted by atomic mass is 16.5. The van der Waals surface area contributed by atoms with Crippen molar-refractivity contribution in [1.29, 1.82) is 0 Å². The van der Waals surface area contributed by atoms with Crippen LogP contribution < -0.4 is 4.74 Å². The molecule has 2 rings (SSSR count). The number of nitrogens with zero attached hydrogens (tertiary/aromatic N) is 2. The summed E-state index contributed by atoms with van der Waals surface area (Å²) in [5.41, 5.74) is 4.77. The summed E-state index contributed by atoms with van der Waals surface area (Å²) in [6, 6.07) is 14.5. The third kappa shape index (κ3) is 6.40. The second kappa shape index (κ2) is 10.1. The molecule has 27 heavy (non-hydrogen) atoms. The molecule has 2 aromatic carbocycles. The molecule has 0 aliphatic rings. The molecule has 0 saturated carbocycles. The third-order valence-electron chi connectivity index (χ3n) is 4.76. The highest BCUT2D eigenvalue weighted by molar-refractivity contribution is 5.76. The quantitative estimate of drug-likeness (QED) is 0.665. The molecule has 146 valence electrons. The summed E-state index contributed by atoms with van der Waals surface area (Å²) < 4.78 is 5.83. The first-order chi connectivity index (χ1) is 12.9. The summed E-state index contributed by atoms with van der Waals surface area (Å²) in [5.74, 6) is 0.988. The van der Waals surface area contributed by atoms with Gasteiger partial charge in [-0.05, 0) is 63.2 Å². The molecule has 0 fully saturated rings. The van der Waals surface area contributed by atoms with Crippen LogP contribution in [0, 0.1) is 13.8 Å². The van der Waals surface area contributed by atoms with Crippen LogP contribution in [0.15, 0.2) is 42.5 Å². The number of hydrogen-bond donors (Lipinski definition) is 0. The van der Waals surface area contributed by atoms with Gasteiger partial charge in [0.15, 0.2) is 0 Å². The van der Waals surface area contributed by atoms with Gasteiger partial charge in [0.25, 0.3) is 0 Å². The van der Waals surface area contributed by atoms with Gasteiger partial charge in [-0.15, -0.1) is 0 Å². The Hall–Kier alpha value is -2.33. The maximum absolute atomic E-state index is 12.6. The van der Waals surface area contributed by atoms with Crippen molar-refractivity contribution in [3.63, 3.8) is 0 Å². The molecule has 0 aliphatic heterocycles. The standard InChI is InChI=1S/C23H32N2O2/c1-6-25(17-21-12-10-20(11-13-21)16-24(4)5)23(26)14-15-27-22-9-7-8-18(2)19(22)3/h7-13H,6,14-17H2,1-5H3. The summed E-state index contributed by atoms with van der Waals surface area (Å²) in [6.45, 7) is 8.79. The number of carbonyl (C=O) groups is 1. The van der Waals surface area contributed by atoms with E-state index in [1.807, 2.05) is 30.9 Å². The monoisotopic (exact) mass is 368 g/mol. The van der Waals surface area contributed by atoms with Gasteiger partial charge in [-0.2, -0.15) is 0 Å². The van der Waals surface area contributed by atoms with Gasteiger partial charge in [0.1, 0.15) is 5.75 Å². The van der Waals surface area contributed by atoms with Crippen LogP contribution in [0.1, 0.15) is 35.6 Å². The Kier molecular flexibility index (Phi) is 7.86. The molecule has 0 aromatic heterocycles. The minimum atomic E-state index is 0.125. The van der Waals surface area contributed by atoms with Gasteiger partial charge in [0.2, 0.25) is 5.91 Å². The molecule has 0 heterocycles. The molecule has 0 N–H and O–H groups in total. The van der Waals surface area contributed by atoms with Crippen LogP contribution in [-0.2, 0) is 17.9 Å². The van der Waals surface area contributed by atoms with Gasteiger partial charge in [-0.1, -0.05) is 36.4 Å². The SMILES string of the molecule is CCN(Cc1ccc(CN(C)C)cc1)C(=O)CCOc1cccc(C)c1C. The van der Waals surface area contributed by atoms with E-state index in [1.165, 1.54) is 11.1 Å². The predicted molar refractivity (Wildman–Crippen MR) is 111 cm³/mol. The molecule has 0 atom stereocenters. The number of hydrogen-bond acceptors (Lipinski definition) is 3. The van der Waals surface area contributed by atoms with E-state index in [-0.39, 0.29) is 5.91 Å². The lowest BCUT2D eigenvalue weighted by Gasteiger charge is -2.21. The van der Waals surface area contributed by atoms with Crippen molar-refractivity contribution in [2.75, 3.05) is 27.2 Å². The Morgan fingerprint density at radius 2 is 1.59 bits per heavy atom. The normalized spacial score (nSPS) is 10.9. The average molecular weight is 369 g/mol. The van der Waals surface area contributed by atoms with Gasteiger partial charge in [-0.25, -0.2) is 0 Å². The van der Waals surface area contributed by atoms with Crippen molar-refractivity contribution < 1.29 is 9.53 Å². The van der Waals surface area contributed by atoms with Crippen LogP contribution in [0.5, 0.6) is 5.75 Å². The fourth-order valence-electron chi connectivity index (χ4n) is 3.00. The number of amides is 1. The molecule has 4 heteroatoms. The van der Waals surface area contributed by atoms with Crippen LogP contribution in [0.25, 0.3) is 0 Å². The second-order valence-corrected chi connectivity index (χ2v) is 7.26. The van der Waals surface area contributed by atoms with Gasteiger partial charge >= 0.3 is 0 Å². The van der Waals surface area contributed by atoms with Crippen molar-refractivity contribution in [3.05, 3.63) is 64.7 Å². The number of benzene rings is 2.